The summed E-state index contributed by atoms with van der Waals surface area (Å²) in [5.74, 6) is -1.44. The summed E-state index contributed by atoms with van der Waals surface area (Å²) in [4.78, 5) is 25.5. The molecule has 24 heavy (non-hydrogen) atoms. The number of amides is 1. The number of nitrogens with zero attached hydrogens (tertiary/aromatic N) is 3. The van der Waals surface area contributed by atoms with Crippen LogP contribution in [0.2, 0.25) is 0 Å². The van der Waals surface area contributed by atoms with E-state index in [4.69, 9.17) is 0 Å². The van der Waals surface area contributed by atoms with Crippen molar-refractivity contribution in [3.05, 3.63) is 47.3 Å². The minimum atomic E-state index is -0.835. The highest BCUT2D eigenvalue weighted by atomic mass is 16.4. The second kappa shape index (κ2) is 6.11. The van der Waals surface area contributed by atoms with Gasteiger partial charge in [0.25, 0.3) is 5.91 Å². The average molecular weight is 327 g/mol. The van der Waals surface area contributed by atoms with E-state index in [1.807, 2.05) is 36.7 Å². The second-order valence-electron chi connectivity index (χ2n) is 6.36. The number of likely N-dealkylation sites (tertiary alicyclic amines) is 1. The fourth-order valence-electron chi connectivity index (χ4n) is 3.36. The van der Waals surface area contributed by atoms with Crippen LogP contribution >= 0.6 is 0 Å². The molecule has 1 aliphatic rings. The third-order valence-corrected chi connectivity index (χ3v) is 4.70. The molecular formula is C18H21N3O3. The fourth-order valence-corrected chi connectivity index (χ4v) is 3.36. The standard InChI is InChI=1S/C18H21N3O3/c1-11-10-12(2)21(19-11)15-6-4-14(5-7-15)17(22)20-9-8-16(13(20)3)18(23)24/h4-7,10,13,16H,8-9H2,1-3H3,(H,23,24). The average Bonchev–Trinajstić information content (AvgIpc) is 3.09. The van der Waals surface area contributed by atoms with Gasteiger partial charge in [0.1, 0.15) is 0 Å². The van der Waals surface area contributed by atoms with E-state index >= 15 is 0 Å². The lowest BCUT2D eigenvalue weighted by molar-refractivity contribution is -0.142. The van der Waals surface area contributed by atoms with Gasteiger partial charge in [-0.1, -0.05) is 0 Å². The van der Waals surface area contributed by atoms with Crippen LogP contribution in [0.1, 0.15) is 35.1 Å². The largest absolute Gasteiger partial charge is 0.481 e. The van der Waals surface area contributed by atoms with Gasteiger partial charge < -0.3 is 10.0 Å². The first kappa shape index (κ1) is 16.2. The SMILES string of the molecule is Cc1cc(C)n(-c2ccc(C(=O)N3CCC(C(=O)O)C3C)cc2)n1. The van der Waals surface area contributed by atoms with E-state index in [0.717, 1.165) is 17.1 Å². The zero-order valence-corrected chi connectivity index (χ0v) is 14.1. The molecule has 2 aromatic rings. The molecule has 6 nitrogen and oxygen atoms in total. The molecule has 0 radical (unpaired) electrons. The molecule has 1 saturated heterocycles. The third-order valence-electron chi connectivity index (χ3n) is 4.70. The Morgan fingerprint density at radius 2 is 1.88 bits per heavy atom. The number of hydrogen-bond donors (Lipinski definition) is 1. The first-order chi connectivity index (χ1) is 11.4. The van der Waals surface area contributed by atoms with Crippen LogP contribution in [0.3, 0.4) is 0 Å². The Morgan fingerprint density at radius 3 is 2.38 bits per heavy atom. The molecule has 1 aromatic carbocycles. The molecule has 0 spiro atoms. The molecule has 3 rings (SSSR count). The zero-order valence-electron chi connectivity index (χ0n) is 14.1. The Kier molecular flexibility index (Phi) is 4.13. The number of benzene rings is 1. The van der Waals surface area contributed by atoms with E-state index in [-0.39, 0.29) is 11.9 Å². The predicted molar refractivity (Wildman–Crippen MR) is 89.3 cm³/mol. The van der Waals surface area contributed by atoms with Crippen molar-refractivity contribution in [2.45, 2.75) is 33.2 Å². The number of aliphatic carboxylic acids is 1. The first-order valence-corrected chi connectivity index (χ1v) is 8.06. The number of hydrogen-bond acceptors (Lipinski definition) is 3. The van der Waals surface area contributed by atoms with Crippen molar-refractivity contribution in [3.63, 3.8) is 0 Å². The molecule has 1 aliphatic heterocycles. The molecule has 2 atom stereocenters. The van der Waals surface area contributed by atoms with Crippen molar-refractivity contribution < 1.29 is 14.7 Å². The van der Waals surface area contributed by atoms with Gasteiger partial charge in [-0.05, 0) is 57.5 Å². The number of aryl methyl sites for hydroxylation is 2. The molecule has 0 saturated carbocycles. The molecule has 1 fully saturated rings. The Bertz CT molecular complexity index is 779. The lowest BCUT2D eigenvalue weighted by atomic mass is 10.0. The number of carboxylic acid groups (broad SMARTS) is 1. The molecule has 1 aromatic heterocycles. The van der Waals surface area contributed by atoms with Crippen molar-refractivity contribution >= 4 is 11.9 Å². The van der Waals surface area contributed by atoms with Crippen LogP contribution in [-0.4, -0.2) is 44.3 Å². The van der Waals surface area contributed by atoms with Crippen LogP contribution < -0.4 is 0 Å². The highest BCUT2D eigenvalue weighted by Gasteiger charge is 2.38. The lowest BCUT2D eigenvalue weighted by Gasteiger charge is -2.23. The summed E-state index contributed by atoms with van der Waals surface area (Å²) in [6.07, 6.45) is 0.506. The summed E-state index contributed by atoms with van der Waals surface area (Å²) in [5.41, 5.74) is 3.44. The Hall–Kier alpha value is -2.63. The minimum absolute atomic E-state index is 0.119. The van der Waals surface area contributed by atoms with Gasteiger partial charge in [-0.3, -0.25) is 9.59 Å². The van der Waals surface area contributed by atoms with Gasteiger partial charge >= 0.3 is 5.97 Å². The summed E-state index contributed by atoms with van der Waals surface area (Å²) in [6, 6.07) is 8.98. The second-order valence-corrected chi connectivity index (χ2v) is 6.36. The number of carboxylic acids is 1. The minimum Gasteiger partial charge on any atom is -0.481 e. The number of carbonyl (C=O) groups is 2. The van der Waals surface area contributed by atoms with Crippen molar-refractivity contribution in [2.75, 3.05) is 6.54 Å². The van der Waals surface area contributed by atoms with E-state index in [0.29, 0.717) is 18.5 Å². The third kappa shape index (κ3) is 2.79. The van der Waals surface area contributed by atoms with Crippen molar-refractivity contribution in [3.8, 4) is 5.69 Å². The van der Waals surface area contributed by atoms with Gasteiger partial charge in [0, 0.05) is 23.8 Å². The van der Waals surface area contributed by atoms with Gasteiger partial charge in [-0.25, -0.2) is 4.68 Å². The van der Waals surface area contributed by atoms with Crippen molar-refractivity contribution in [1.29, 1.82) is 0 Å². The van der Waals surface area contributed by atoms with E-state index in [2.05, 4.69) is 5.10 Å². The van der Waals surface area contributed by atoms with Crippen molar-refractivity contribution in [2.24, 2.45) is 5.92 Å². The molecule has 126 valence electrons. The van der Waals surface area contributed by atoms with Crippen LogP contribution in [0.5, 0.6) is 0 Å². The molecule has 0 bridgehead atoms. The van der Waals surface area contributed by atoms with Crippen LogP contribution in [0.15, 0.2) is 30.3 Å². The van der Waals surface area contributed by atoms with E-state index in [1.165, 1.54) is 0 Å². The van der Waals surface area contributed by atoms with Gasteiger partial charge in [0.05, 0.1) is 17.3 Å². The van der Waals surface area contributed by atoms with Gasteiger partial charge in [0.2, 0.25) is 0 Å². The molecule has 1 amide bonds. The Balaban J connectivity index is 1.80. The van der Waals surface area contributed by atoms with Crippen LogP contribution in [0.4, 0.5) is 0 Å². The number of carbonyl (C=O) groups excluding carboxylic acids is 1. The van der Waals surface area contributed by atoms with Gasteiger partial charge in [0.15, 0.2) is 0 Å². The van der Waals surface area contributed by atoms with Crippen molar-refractivity contribution in [1.82, 2.24) is 14.7 Å². The number of aromatic nitrogens is 2. The van der Waals surface area contributed by atoms with Gasteiger partial charge in [-0.2, -0.15) is 5.10 Å². The summed E-state index contributed by atoms with van der Waals surface area (Å²) < 4.78 is 1.84. The molecule has 1 N–H and O–H groups in total. The summed E-state index contributed by atoms with van der Waals surface area (Å²) >= 11 is 0. The first-order valence-electron chi connectivity index (χ1n) is 8.06. The maximum atomic E-state index is 12.7. The quantitative estimate of drug-likeness (QED) is 0.939. The monoisotopic (exact) mass is 327 g/mol. The van der Waals surface area contributed by atoms with Crippen LogP contribution in [0, 0.1) is 19.8 Å². The molecule has 0 aliphatic carbocycles. The van der Waals surface area contributed by atoms with E-state index < -0.39 is 11.9 Å². The van der Waals surface area contributed by atoms with Crippen LogP contribution in [0.25, 0.3) is 5.69 Å². The highest BCUT2D eigenvalue weighted by molar-refractivity contribution is 5.95. The topological polar surface area (TPSA) is 75.4 Å². The summed E-state index contributed by atoms with van der Waals surface area (Å²) in [6.45, 7) is 6.20. The van der Waals surface area contributed by atoms with Gasteiger partial charge in [-0.15, -0.1) is 0 Å². The number of rotatable bonds is 3. The van der Waals surface area contributed by atoms with Crippen LogP contribution in [-0.2, 0) is 4.79 Å². The highest BCUT2D eigenvalue weighted by Crippen LogP contribution is 2.26. The smallest absolute Gasteiger partial charge is 0.308 e. The molecular weight excluding hydrogens is 306 g/mol. The lowest BCUT2D eigenvalue weighted by Crippen LogP contribution is -2.37. The zero-order chi connectivity index (χ0) is 17.4. The normalized spacial score (nSPS) is 20.4. The maximum absolute atomic E-state index is 12.7. The fraction of sp³-hybridized carbons (Fsp3) is 0.389. The van der Waals surface area contributed by atoms with E-state index in [1.54, 1.807) is 24.0 Å². The molecule has 6 heteroatoms. The molecule has 2 heterocycles. The summed E-state index contributed by atoms with van der Waals surface area (Å²) in [5, 5.41) is 13.6. The predicted octanol–water partition coefficient (Wildman–Crippen LogP) is 2.42. The maximum Gasteiger partial charge on any atom is 0.308 e. The molecule has 2 unspecified atom stereocenters. The Morgan fingerprint density at radius 1 is 1.21 bits per heavy atom. The Labute approximate surface area is 140 Å². The van der Waals surface area contributed by atoms with E-state index in [9.17, 15) is 14.7 Å². The summed E-state index contributed by atoms with van der Waals surface area (Å²) in [7, 11) is 0.